The number of methoxy groups -OCH3 is 1. The fourth-order valence-corrected chi connectivity index (χ4v) is 4.19. The summed E-state index contributed by atoms with van der Waals surface area (Å²) >= 11 is 0. The third-order valence-electron chi connectivity index (χ3n) is 5.90. The van der Waals surface area contributed by atoms with E-state index in [9.17, 15) is 14.4 Å². The van der Waals surface area contributed by atoms with Crippen molar-refractivity contribution in [1.29, 1.82) is 0 Å². The van der Waals surface area contributed by atoms with Gasteiger partial charge < -0.3 is 15.4 Å². The van der Waals surface area contributed by atoms with Crippen LogP contribution in [0.1, 0.15) is 37.8 Å². The number of fused-ring (bicyclic) bond motifs is 1. The van der Waals surface area contributed by atoms with E-state index in [4.69, 9.17) is 4.74 Å². The summed E-state index contributed by atoms with van der Waals surface area (Å²) in [5.41, 5.74) is 1.72. The van der Waals surface area contributed by atoms with Gasteiger partial charge in [0.05, 0.1) is 18.1 Å². The van der Waals surface area contributed by atoms with Crippen LogP contribution in [0.15, 0.2) is 53.3 Å². The third-order valence-corrected chi connectivity index (χ3v) is 5.90. The largest absolute Gasteiger partial charge is 0.497 e. The topological polar surface area (TPSA) is 102 Å². The molecule has 1 aromatic heterocycles. The molecule has 0 aliphatic heterocycles. The Hall–Kier alpha value is -3.68. The highest BCUT2D eigenvalue weighted by molar-refractivity contribution is 5.91. The zero-order valence-corrected chi connectivity index (χ0v) is 18.7. The average Bonchev–Trinajstić information content (AvgIpc) is 3.33. The van der Waals surface area contributed by atoms with E-state index in [1.54, 1.807) is 49.6 Å². The lowest BCUT2D eigenvalue weighted by atomic mass is 10.2. The standard InChI is InChI=1S/C25H28N4O4/c1-33-19-12-10-18(11-13-19)27-24(31)16-29-22-9-5-4-8-20(22)28-21(25(29)32)14-15-23(30)26-17-6-2-3-7-17/h4-5,8-13,17H,2-3,6-7,14-16H2,1H3,(H,26,30)(H,27,31). The molecule has 2 amide bonds. The first-order valence-electron chi connectivity index (χ1n) is 11.2. The van der Waals surface area contributed by atoms with Gasteiger partial charge in [-0.1, -0.05) is 25.0 Å². The van der Waals surface area contributed by atoms with Crippen LogP contribution in [0.5, 0.6) is 5.75 Å². The number of aromatic nitrogens is 2. The summed E-state index contributed by atoms with van der Waals surface area (Å²) in [5, 5.41) is 5.84. The molecule has 0 unspecified atom stereocenters. The van der Waals surface area contributed by atoms with Gasteiger partial charge in [0.15, 0.2) is 0 Å². The molecule has 1 aliphatic rings. The maximum absolute atomic E-state index is 13.2. The van der Waals surface area contributed by atoms with Crippen molar-refractivity contribution in [3.05, 3.63) is 64.6 Å². The van der Waals surface area contributed by atoms with Gasteiger partial charge in [-0.25, -0.2) is 4.98 Å². The number of carbonyl (C=O) groups is 2. The fourth-order valence-electron chi connectivity index (χ4n) is 4.19. The highest BCUT2D eigenvalue weighted by Crippen LogP contribution is 2.18. The molecule has 4 rings (SSSR count). The molecular weight excluding hydrogens is 420 g/mol. The first kappa shape index (κ1) is 22.5. The molecule has 0 spiro atoms. The Balaban J connectivity index is 1.51. The molecule has 0 saturated heterocycles. The number of anilines is 1. The van der Waals surface area contributed by atoms with Crippen molar-refractivity contribution < 1.29 is 14.3 Å². The van der Waals surface area contributed by atoms with E-state index in [-0.39, 0.29) is 48.5 Å². The smallest absolute Gasteiger partial charge is 0.273 e. The van der Waals surface area contributed by atoms with Gasteiger partial charge in [0.1, 0.15) is 18.0 Å². The zero-order valence-electron chi connectivity index (χ0n) is 18.7. The van der Waals surface area contributed by atoms with Crippen molar-refractivity contribution in [2.45, 2.75) is 51.1 Å². The number of para-hydroxylation sites is 2. The lowest BCUT2D eigenvalue weighted by Crippen LogP contribution is -2.34. The number of ether oxygens (including phenoxy) is 1. The molecule has 8 heteroatoms. The fraction of sp³-hybridized carbons (Fsp3) is 0.360. The van der Waals surface area contributed by atoms with Crippen LogP contribution in [-0.2, 0) is 22.6 Å². The molecule has 2 aromatic carbocycles. The van der Waals surface area contributed by atoms with Crippen LogP contribution in [0, 0.1) is 0 Å². The average molecular weight is 449 g/mol. The van der Waals surface area contributed by atoms with E-state index in [2.05, 4.69) is 15.6 Å². The minimum absolute atomic E-state index is 0.0694. The van der Waals surface area contributed by atoms with Gasteiger partial charge in [0, 0.05) is 24.6 Å². The number of aryl methyl sites for hydroxylation is 1. The molecule has 2 N–H and O–H groups in total. The number of nitrogens with one attached hydrogen (secondary N) is 2. The Labute approximate surface area is 192 Å². The third kappa shape index (κ3) is 5.58. The van der Waals surface area contributed by atoms with Gasteiger partial charge in [-0.2, -0.15) is 0 Å². The normalized spacial score (nSPS) is 13.7. The maximum Gasteiger partial charge on any atom is 0.273 e. The number of rotatable bonds is 8. The van der Waals surface area contributed by atoms with E-state index in [1.807, 2.05) is 6.07 Å². The Kier molecular flexibility index (Phi) is 7.02. The van der Waals surface area contributed by atoms with Crippen LogP contribution in [0.25, 0.3) is 11.0 Å². The molecule has 1 fully saturated rings. The first-order chi connectivity index (χ1) is 16.0. The van der Waals surface area contributed by atoms with Gasteiger partial charge in [0.25, 0.3) is 5.56 Å². The van der Waals surface area contributed by atoms with E-state index in [1.165, 1.54) is 4.57 Å². The van der Waals surface area contributed by atoms with E-state index < -0.39 is 0 Å². The SMILES string of the molecule is COc1ccc(NC(=O)Cn2c(=O)c(CCC(=O)NC3CCCC3)nc3ccccc32)cc1. The lowest BCUT2D eigenvalue weighted by molar-refractivity contribution is -0.121. The monoisotopic (exact) mass is 448 g/mol. The summed E-state index contributed by atoms with van der Waals surface area (Å²) in [7, 11) is 1.57. The molecule has 0 bridgehead atoms. The maximum atomic E-state index is 13.2. The Morgan fingerprint density at radius 3 is 2.52 bits per heavy atom. The van der Waals surface area contributed by atoms with Crippen molar-refractivity contribution >= 4 is 28.5 Å². The van der Waals surface area contributed by atoms with Crippen molar-refractivity contribution in [2.24, 2.45) is 0 Å². The van der Waals surface area contributed by atoms with Crippen molar-refractivity contribution in [1.82, 2.24) is 14.9 Å². The highest BCUT2D eigenvalue weighted by Gasteiger charge is 2.19. The summed E-state index contributed by atoms with van der Waals surface area (Å²) in [6.45, 7) is -0.158. The number of hydrogen-bond donors (Lipinski definition) is 2. The van der Waals surface area contributed by atoms with Crippen molar-refractivity contribution in [3.8, 4) is 5.75 Å². The summed E-state index contributed by atoms with van der Waals surface area (Å²) in [6.07, 6.45) is 4.71. The molecule has 33 heavy (non-hydrogen) atoms. The summed E-state index contributed by atoms with van der Waals surface area (Å²) < 4.78 is 6.55. The molecule has 1 aliphatic carbocycles. The van der Waals surface area contributed by atoms with E-state index in [0.29, 0.717) is 22.5 Å². The van der Waals surface area contributed by atoms with Crippen LogP contribution in [0.2, 0.25) is 0 Å². The number of nitrogens with zero attached hydrogens (tertiary/aromatic N) is 2. The zero-order chi connectivity index (χ0) is 23.2. The lowest BCUT2D eigenvalue weighted by Gasteiger charge is -2.14. The van der Waals surface area contributed by atoms with E-state index >= 15 is 0 Å². The molecule has 172 valence electrons. The van der Waals surface area contributed by atoms with Crippen molar-refractivity contribution in [3.63, 3.8) is 0 Å². The predicted molar refractivity (Wildman–Crippen MR) is 126 cm³/mol. The molecule has 3 aromatic rings. The second kappa shape index (κ2) is 10.3. The quantitative estimate of drug-likeness (QED) is 0.552. The number of hydrogen-bond acceptors (Lipinski definition) is 5. The van der Waals surface area contributed by atoms with Gasteiger partial charge in [-0.05, 0) is 49.2 Å². The molecule has 1 saturated carbocycles. The van der Waals surface area contributed by atoms with Gasteiger partial charge in [-0.3, -0.25) is 19.0 Å². The predicted octanol–water partition coefficient (Wildman–Crippen LogP) is 3.04. The number of benzene rings is 2. The summed E-state index contributed by atoms with van der Waals surface area (Å²) in [4.78, 5) is 42.7. The molecule has 0 atom stereocenters. The Bertz CT molecular complexity index is 1200. The van der Waals surface area contributed by atoms with Crippen LogP contribution < -0.4 is 20.9 Å². The minimum Gasteiger partial charge on any atom is -0.497 e. The van der Waals surface area contributed by atoms with Crippen LogP contribution >= 0.6 is 0 Å². The molecule has 1 heterocycles. The minimum atomic E-state index is -0.354. The Morgan fingerprint density at radius 1 is 1.06 bits per heavy atom. The molecule has 0 radical (unpaired) electrons. The first-order valence-corrected chi connectivity index (χ1v) is 11.2. The molecular formula is C25H28N4O4. The van der Waals surface area contributed by atoms with Gasteiger partial charge in [0.2, 0.25) is 11.8 Å². The Morgan fingerprint density at radius 2 is 1.79 bits per heavy atom. The summed E-state index contributed by atoms with van der Waals surface area (Å²) in [6, 6.07) is 14.4. The van der Waals surface area contributed by atoms with E-state index in [0.717, 1.165) is 25.7 Å². The number of amides is 2. The van der Waals surface area contributed by atoms with Gasteiger partial charge in [-0.15, -0.1) is 0 Å². The van der Waals surface area contributed by atoms with Crippen LogP contribution in [-0.4, -0.2) is 34.5 Å². The van der Waals surface area contributed by atoms with Crippen LogP contribution in [0.4, 0.5) is 5.69 Å². The summed E-state index contributed by atoms with van der Waals surface area (Å²) in [5.74, 6) is 0.287. The van der Waals surface area contributed by atoms with Crippen LogP contribution in [0.3, 0.4) is 0 Å². The second-order valence-electron chi connectivity index (χ2n) is 8.26. The highest BCUT2D eigenvalue weighted by atomic mass is 16.5. The van der Waals surface area contributed by atoms with Crippen molar-refractivity contribution in [2.75, 3.05) is 12.4 Å². The number of carbonyl (C=O) groups excluding carboxylic acids is 2. The molecule has 8 nitrogen and oxygen atoms in total. The second-order valence-corrected chi connectivity index (χ2v) is 8.26. The van der Waals surface area contributed by atoms with Gasteiger partial charge >= 0.3 is 0 Å².